The van der Waals surface area contributed by atoms with Gasteiger partial charge < -0.3 is 19.2 Å². The third-order valence-electron chi connectivity index (χ3n) is 4.23. The predicted octanol–water partition coefficient (Wildman–Crippen LogP) is 4.03. The zero-order valence-electron chi connectivity index (χ0n) is 14.2. The van der Waals surface area contributed by atoms with Crippen LogP contribution < -0.4 is 14.8 Å². The molecule has 0 spiro atoms. The Balaban J connectivity index is 1.95. The van der Waals surface area contributed by atoms with Crippen LogP contribution >= 0.6 is 11.6 Å². The van der Waals surface area contributed by atoms with Crippen molar-refractivity contribution in [2.75, 3.05) is 19.5 Å². The molecule has 1 aliphatic carbocycles. The molecule has 0 radical (unpaired) electrons. The fourth-order valence-corrected chi connectivity index (χ4v) is 3.23. The lowest BCUT2D eigenvalue weighted by molar-refractivity contribution is 0.0963. The van der Waals surface area contributed by atoms with E-state index in [9.17, 15) is 9.59 Å². The van der Waals surface area contributed by atoms with Crippen molar-refractivity contribution in [1.82, 2.24) is 0 Å². The van der Waals surface area contributed by atoms with Crippen LogP contribution in [0.5, 0.6) is 11.5 Å². The molecular formula is C18H18ClNO5. The van der Waals surface area contributed by atoms with Gasteiger partial charge in [0.15, 0.2) is 11.5 Å². The normalized spacial score (nSPS) is 13.4. The van der Waals surface area contributed by atoms with Gasteiger partial charge in [0.05, 0.1) is 30.5 Å². The van der Waals surface area contributed by atoms with Crippen molar-refractivity contribution in [1.29, 1.82) is 0 Å². The number of hydrogen-bond donors (Lipinski definition) is 1. The number of halogens is 1. The smallest absolute Gasteiger partial charge is 0.291 e. The molecule has 0 aliphatic heterocycles. The number of Topliss-reactive ketones (excluding diaryl/α,β-unsaturated/α-hetero) is 1. The van der Waals surface area contributed by atoms with Crippen molar-refractivity contribution in [2.45, 2.75) is 26.2 Å². The molecule has 1 aromatic heterocycles. The Hall–Kier alpha value is -2.47. The lowest BCUT2D eigenvalue weighted by Gasteiger charge is -2.12. The number of aryl methyl sites for hydroxylation is 1. The number of ether oxygens (including phenoxy) is 2. The number of nitrogens with one attached hydrogen (secondary N) is 1. The van der Waals surface area contributed by atoms with Gasteiger partial charge in [-0.25, -0.2) is 0 Å². The third-order valence-corrected chi connectivity index (χ3v) is 4.53. The van der Waals surface area contributed by atoms with Gasteiger partial charge in [0.25, 0.3) is 5.91 Å². The van der Waals surface area contributed by atoms with E-state index in [0.29, 0.717) is 51.9 Å². The van der Waals surface area contributed by atoms with E-state index in [0.717, 1.165) is 6.42 Å². The fraction of sp³-hybridized carbons (Fsp3) is 0.333. The zero-order chi connectivity index (χ0) is 18.1. The van der Waals surface area contributed by atoms with E-state index in [1.165, 1.54) is 14.2 Å². The molecular weight excluding hydrogens is 346 g/mol. The summed E-state index contributed by atoms with van der Waals surface area (Å²) in [7, 11) is 2.96. The maximum Gasteiger partial charge on any atom is 0.291 e. The summed E-state index contributed by atoms with van der Waals surface area (Å²) >= 11 is 6.07. The summed E-state index contributed by atoms with van der Waals surface area (Å²) in [6.07, 6.45) is 1.88. The average Bonchev–Trinajstić information content (AvgIpc) is 2.94. The molecule has 25 heavy (non-hydrogen) atoms. The molecule has 1 aromatic carbocycles. The van der Waals surface area contributed by atoms with E-state index in [1.807, 2.05) is 0 Å². The van der Waals surface area contributed by atoms with Crippen LogP contribution in [0.2, 0.25) is 5.02 Å². The number of hydrogen-bond acceptors (Lipinski definition) is 5. The summed E-state index contributed by atoms with van der Waals surface area (Å²) in [5, 5.41) is 3.11. The van der Waals surface area contributed by atoms with Crippen LogP contribution in [0.3, 0.4) is 0 Å². The van der Waals surface area contributed by atoms with Gasteiger partial charge in [-0.05, 0) is 13.3 Å². The Morgan fingerprint density at radius 3 is 2.56 bits per heavy atom. The highest BCUT2D eigenvalue weighted by molar-refractivity contribution is 6.32. The van der Waals surface area contributed by atoms with Gasteiger partial charge in [0.1, 0.15) is 17.3 Å². The molecule has 1 N–H and O–H groups in total. The first kappa shape index (κ1) is 17.4. The lowest BCUT2D eigenvalue weighted by Crippen LogP contribution is -2.14. The fourth-order valence-electron chi connectivity index (χ4n) is 3.00. The number of benzene rings is 1. The Kier molecular flexibility index (Phi) is 4.72. The van der Waals surface area contributed by atoms with E-state index in [4.69, 9.17) is 25.5 Å². The number of amides is 1. The zero-order valence-corrected chi connectivity index (χ0v) is 15.0. The number of fused-ring (bicyclic) bond motifs is 1. The molecule has 0 unspecified atom stereocenters. The monoisotopic (exact) mass is 363 g/mol. The molecule has 0 saturated heterocycles. The van der Waals surface area contributed by atoms with Crippen LogP contribution in [0.4, 0.5) is 5.69 Å². The first-order valence-electron chi connectivity index (χ1n) is 7.84. The van der Waals surface area contributed by atoms with Crippen molar-refractivity contribution in [3.8, 4) is 11.5 Å². The predicted molar refractivity (Wildman–Crippen MR) is 93.2 cm³/mol. The Morgan fingerprint density at radius 1 is 1.20 bits per heavy atom. The maximum absolute atomic E-state index is 12.7. The molecule has 1 aliphatic rings. The molecule has 1 heterocycles. The quantitative estimate of drug-likeness (QED) is 0.887. The van der Waals surface area contributed by atoms with Crippen molar-refractivity contribution in [3.05, 3.63) is 39.8 Å². The number of carbonyl (C=O) groups excluding carboxylic acids is 2. The van der Waals surface area contributed by atoms with Crippen LogP contribution in [-0.4, -0.2) is 25.9 Å². The molecule has 132 valence electrons. The molecule has 6 nitrogen and oxygen atoms in total. The number of furan rings is 1. The summed E-state index contributed by atoms with van der Waals surface area (Å²) in [5.41, 5.74) is 1.50. The van der Waals surface area contributed by atoms with Gasteiger partial charge in [-0.3, -0.25) is 9.59 Å². The van der Waals surface area contributed by atoms with Crippen LogP contribution in [0.15, 0.2) is 16.5 Å². The van der Waals surface area contributed by atoms with E-state index in [1.54, 1.807) is 19.1 Å². The average molecular weight is 364 g/mol. The highest BCUT2D eigenvalue weighted by Crippen LogP contribution is 2.36. The first-order valence-corrected chi connectivity index (χ1v) is 8.22. The van der Waals surface area contributed by atoms with E-state index >= 15 is 0 Å². The molecule has 0 bridgehead atoms. The molecule has 0 atom stereocenters. The Bertz CT molecular complexity index is 856. The Morgan fingerprint density at radius 2 is 1.92 bits per heavy atom. The van der Waals surface area contributed by atoms with Crippen LogP contribution in [0.25, 0.3) is 0 Å². The minimum atomic E-state index is -0.456. The van der Waals surface area contributed by atoms with E-state index in [-0.39, 0.29) is 11.5 Å². The number of anilines is 1. The summed E-state index contributed by atoms with van der Waals surface area (Å²) in [4.78, 5) is 24.7. The van der Waals surface area contributed by atoms with E-state index < -0.39 is 5.91 Å². The molecule has 3 rings (SSSR count). The van der Waals surface area contributed by atoms with Crippen molar-refractivity contribution in [3.63, 3.8) is 0 Å². The van der Waals surface area contributed by atoms with Gasteiger partial charge in [-0.1, -0.05) is 11.6 Å². The van der Waals surface area contributed by atoms with Gasteiger partial charge in [0.2, 0.25) is 0 Å². The van der Waals surface area contributed by atoms with Gasteiger partial charge in [-0.2, -0.15) is 0 Å². The summed E-state index contributed by atoms with van der Waals surface area (Å²) in [6.45, 7) is 1.72. The van der Waals surface area contributed by atoms with Crippen LogP contribution in [-0.2, 0) is 6.42 Å². The van der Waals surface area contributed by atoms with Crippen LogP contribution in [0, 0.1) is 6.92 Å². The summed E-state index contributed by atoms with van der Waals surface area (Å²) in [6, 6.07) is 3.13. The van der Waals surface area contributed by atoms with Gasteiger partial charge in [-0.15, -0.1) is 0 Å². The SMILES string of the molecule is COc1cc(NC(=O)c2oc3c(c2C)C(=O)CCC3)c(OC)cc1Cl. The largest absolute Gasteiger partial charge is 0.495 e. The number of ketones is 1. The van der Waals surface area contributed by atoms with Crippen molar-refractivity contribution in [2.24, 2.45) is 0 Å². The molecule has 0 fully saturated rings. The second kappa shape index (κ2) is 6.80. The number of carbonyl (C=O) groups is 2. The molecule has 2 aromatic rings. The standard InChI is InChI=1S/C18H18ClNO5/c1-9-16-12(21)5-4-6-13(16)25-17(9)18(22)20-11-8-14(23-2)10(19)7-15(11)24-3/h7-8H,4-6H2,1-3H3,(H,20,22). The van der Waals surface area contributed by atoms with Gasteiger partial charge in [0, 0.05) is 30.5 Å². The van der Waals surface area contributed by atoms with Crippen molar-refractivity contribution < 1.29 is 23.5 Å². The first-order chi connectivity index (χ1) is 12.0. The molecule has 1 amide bonds. The maximum atomic E-state index is 12.7. The lowest BCUT2D eigenvalue weighted by atomic mass is 9.94. The topological polar surface area (TPSA) is 77.8 Å². The second-order valence-corrected chi connectivity index (χ2v) is 6.18. The minimum absolute atomic E-state index is 0.0206. The number of rotatable bonds is 4. The minimum Gasteiger partial charge on any atom is -0.495 e. The summed E-state index contributed by atoms with van der Waals surface area (Å²) in [5.74, 6) is 1.08. The van der Waals surface area contributed by atoms with Crippen LogP contribution in [0.1, 0.15) is 45.1 Å². The third kappa shape index (κ3) is 3.09. The van der Waals surface area contributed by atoms with E-state index in [2.05, 4.69) is 5.32 Å². The number of methoxy groups -OCH3 is 2. The molecule has 0 saturated carbocycles. The van der Waals surface area contributed by atoms with Gasteiger partial charge >= 0.3 is 0 Å². The highest BCUT2D eigenvalue weighted by atomic mass is 35.5. The van der Waals surface area contributed by atoms with Crippen molar-refractivity contribution >= 4 is 29.0 Å². The highest BCUT2D eigenvalue weighted by Gasteiger charge is 2.29. The Labute approximate surface area is 150 Å². The summed E-state index contributed by atoms with van der Waals surface area (Å²) < 4.78 is 16.1. The molecule has 7 heteroatoms. The second-order valence-electron chi connectivity index (χ2n) is 5.77.